The summed E-state index contributed by atoms with van der Waals surface area (Å²) in [5, 5.41) is 8.27. The first kappa shape index (κ1) is 21.3. The Hall–Kier alpha value is -2.38. The number of aliphatic imine (C=N–C) groups is 1. The lowest BCUT2D eigenvalue weighted by molar-refractivity contribution is 0.0907. The molecule has 1 amide bonds. The summed E-state index contributed by atoms with van der Waals surface area (Å²) < 4.78 is 5.91. The summed E-state index contributed by atoms with van der Waals surface area (Å²) in [5.41, 5.74) is 1.21. The number of nitrogens with zero attached hydrogens (tertiary/aromatic N) is 2. The van der Waals surface area contributed by atoms with Crippen LogP contribution < -0.4 is 10.6 Å². The van der Waals surface area contributed by atoms with Gasteiger partial charge < -0.3 is 20.3 Å². The molecule has 1 fully saturated rings. The van der Waals surface area contributed by atoms with Crippen molar-refractivity contribution in [1.29, 1.82) is 0 Å². The van der Waals surface area contributed by atoms with Gasteiger partial charge in [-0.3, -0.25) is 9.79 Å². The molecule has 2 aromatic rings. The number of thiophene rings is 1. The fourth-order valence-corrected chi connectivity index (χ4v) is 4.04. The summed E-state index contributed by atoms with van der Waals surface area (Å²) in [6.07, 6.45) is 1.97. The quantitative estimate of drug-likeness (QED) is 0.376. The highest BCUT2D eigenvalue weighted by molar-refractivity contribution is 7.12. The second-order valence-corrected chi connectivity index (χ2v) is 8.11. The fourth-order valence-electron chi connectivity index (χ4n) is 3.40. The van der Waals surface area contributed by atoms with Gasteiger partial charge >= 0.3 is 0 Å². The van der Waals surface area contributed by atoms with Crippen LogP contribution in [0.3, 0.4) is 0 Å². The highest BCUT2D eigenvalue weighted by Crippen LogP contribution is 2.17. The maximum absolute atomic E-state index is 11.9. The Kier molecular flexibility index (Phi) is 8.52. The average molecular weight is 415 g/mol. The molecule has 0 bridgehead atoms. The van der Waals surface area contributed by atoms with E-state index in [1.54, 1.807) is 0 Å². The number of benzene rings is 1. The lowest BCUT2D eigenvalue weighted by Crippen LogP contribution is -2.41. The molecule has 0 radical (unpaired) electrons. The second kappa shape index (κ2) is 11.6. The van der Waals surface area contributed by atoms with Crippen LogP contribution in [0.1, 0.15) is 28.1 Å². The van der Waals surface area contributed by atoms with Crippen LogP contribution >= 0.6 is 11.3 Å². The number of nitrogens with one attached hydrogen (secondary N) is 2. The topological polar surface area (TPSA) is 66.0 Å². The number of carbonyl (C=O) groups is 1. The van der Waals surface area contributed by atoms with Gasteiger partial charge in [0, 0.05) is 39.1 Å². The molecule has 1 aromatic heterocycles. The minimum atomic E-state index is 0.00210. The molecular formula is C22H30N4O2S. The summed E-state index contributed by atoms with van der Waals surface area (Å²) in [6, 6.07) is 14.0. The summed E-state index contributed by atoms with van der Waals surface area (Å²) in [5.74, 6) is 1.46. The molecule has 6 nitrogen and oxygen atoms in total. The van der Waals surface area contributed by atoms with Gasteiger partial charge in [0.15, 0.2) is 5.96 Å². The number of likely N-dealkylation sites (tertiary alicyclic amines) is 1. The van der Waals surface area contributed by atoms with Crippen molar-refractivity contribution in [2.45, 2.75) is 19.4 Å². The smallest absolute Gasteiger partial charge is 0.261 e. The SMILES string of the molecule is CN=C(NCCCNC(=O)c1cccs1)N1CCC(COCc2ccccc2)C1. The van der Waals surface area contributed by atoms with E-state index in [1.807, 2.05) is 42.8 Å². The molecule has 1 aliphatic rings. The Morgan fingerprint density at radius 3 is 2.79 bits per heavy atom. The van der Waals surface area contributed by atoms with Gasteiger partial charge in [0.25, 0.3) is 5.91 Å². The normalized spacial score (nSPS) is 16.8. The van der Waals surface area contributed by atoms with Gasteiger partial charge in [-0.05, 0) is 29.9 Å². The molecule has 156 valence electrons. The highest BCUT2D eigenvalue weighted by atomic mass is 32.1. The summed E-state index contributed by atoms with van der Waals surface area (Å²) in [4.78, 5) is 19.4. The minimum Gasteiger partial charge on any atom is -0.376 e. The van der Waals surface area contributed by atoms with Crippen molar-refractivity contribution in [3.05, 3.63) is 58.3 Å². The van der Waals surface area contributed by atoms with Crippen LogP contribution in [-0.4, -0.2) is 56.6 Å². The number of carbonyl (C=O) groups excluding carboxylic acids is 1. The van der Waals surface area contributed by atoms with Gasteiger partial charge in [0.1, 0.15) is 0 Å². The zero-order valence-corrected chi connectivity index (χ0v) is 17.8. The lowest BCUT2D eigenvalue weighted by atomic mass is 10.1. The van der Waals surface area contributed by atoms with Crippen LogP contribution in [0.2, 0.25) is 0 Å². The third-order valence-corrected chi connectivity index (χ3v) is 5.80. The minimum absolute atomic E-state index is 0.00210. The van der Waals surface area contributed by atoms with Crippen molar-refractivity contribution < 1.29 is 9.53 Å². The highest BCUT2D eigenvalue weighted by Gasteiger charge is 2.24. The molecule has 0 saturated carbocycles. The van der Waals surface area contributed by atoms with E-state index in [0.717, 1.165) is 49.9 Å². The first-order valence-corrected chi connectivity index (χ1v) is 11.0. The molecule has 2 N–H and O–H groups in total. The van der Waals surface area contributed by atoms with E-state index in [-0.39, 0.29) is 5.91 Å². The van der Waals surface area contributed by atoms with Crippen LogP contribution in [0.4, 0.5) is 0 Å². The Morgan fingerprint density at radius 2 is 2.03 bits per heavy atom. The third kappa shape index (κ3) is 6.87. The number of ether oxygens (including phenoxy) is 1. The number of rotatable bonds is 9. The maximum Gasteiger partial charge on any atom is 0.261 e. The zero-order chi connectivity index (χ0) is 20.3. The zero-order valence-electron chi connectivity index (χ0n) is 17.0. The number of guanidine groups is 1. The monoisotopic (exact) mass is 414 g/mol. The molecule has 3 rings (SSSR count). The summed E-state index contributed by atoms with van der Waals surface area (Å²) in [6.45, 7) is 4.83. The first-order valence-electron chi connectivity index (χ1n) is 10.1. The standard InChI is InChI=1S/C22H30N4O2S/c1-23-22(25-12-6-11-24-21(27)20-9-5-14-29-20)26-13-10-19(15-26)17-28-16-18-7-3-2-4-8-18/h2-5,7-9,14,19H,6,10-13,15-17H2,1H3,(H,23,25)(H,24,27). The molecule has 1 aromatic carbocycles. The predicted molar refractivity (Wildman–Crippen MR) is 118 cm³/mol. The summed E-state index contributed by atoms with van der Waals surface area (Å²) in [7, 11) is 1.82. The Morgan fingerprint density at radius 1 is 1.21 bits per heavy atom. The van der Waals surface area contributed by atoms with E-state index in [2.05, 4.69) is 32.7 Å². The third-order valence-electron chi connectivity index (χ3n) is 4.93. The van der Waals surface area contributed by atoms with E-state index in [0.29, 0.717) is 19.1 Å². The average Bonchev–Trinajstić information content (AvgIpc) is 3.44. The van der Waals surface area contributed by atoms with Gasteiger partial charge in [0.05, 0.1) is 18.1 Å². The molecule has 0 spiro atoms. The van der Waals surface area contributed by atoms with Crippen molar-refractivity contribution in [3.8, 4) is 0 Å². The van der Waals surface area contributed by atoms with Crippen molar-refractivity contribution in [2.24, 2.45) is 10.9 Å². The number of hydrogen-bond donors (Lipinski definition) is 2. The first-order chi connectivity index (χ1) is 14.3. The molecule has 0 aliphatic carbocycles. The van der Waals surface area contributed by atoms with Gasteiger partial charge in [-0.15, -0.1) is 11.3 Å². The van der Waals surface area contributed by atoms with E-state index in [1.165, 1.54) is 16.9 Å². The fraction of sp³-hybridized carbons (Fsp3) is 0.455. The molecule has 2 heterocycles. The van der Waals surface area contributed by atoms with E-state index >= 15 is 0 Å². The Labute approximate surface area is 177 Å². The van der Waals surface area contributed by atoms with Crippen LogP contribution in [0, 0.1) is 5.92 Å². The largest absolute Gasteiger partial charge is 0.376 e. The van der Waals surface area contributed by atoms with Gasteiger partial charge in [-0.1, -0.05) is 36.4 Å². The van der Waals surface area contributed by atoms with Gasteiger partial charge in [-0.2, -0.15) is 0 Å². The van der Waals surface area contributed by atoms with Crippen LogP contribution in [0.25, 0.3) is 0 Å². The summed E-state index contributed by atoms with van der Waals surface area (Å²) >= 11 is 1.46. The molecule has 1 atom stereocenters. The van der Waals surface area contributed by atoms with Crippen molar-refractivity contribution in [1.82, 2.24) is 15.5 Å². The molecule has 7 heteroatoms. The lowest BCUT2D eigenvalue weighted by Gasteiger charge is -2.21. The van der Waals surface area contributed by atoms with E-state index < -0.39 is 0 Å². The van der Waals surface area contributed by atoms with Gasteiger partial charge in [-0.25, -0.2) is 0 Å². The van der Waals surface area contributed by atoms with Crippen molar-refractivity contribution in [2.75, 3.05) is 39.8 Å². The van der Waals surface area contributed by atoms with Crippen molar-refractivity contribution in [3.63, 3.8) is 0 Å². The molecule has 1 aliphatic heterocycles. The number of amides is 1. The maximum atomic E-state index is 11.9. The predicted octanol–water partition coefficient (Wildman–Crippen LogP) is 2.98. The van der Waals surface area contributed by atoms with E-state index in [9.17, 15) is 4.79 Å². The van der Waals surface area contributed by atoms with Crippen LogP contribution in [0.15, 0.2) is 52.8 Å². The van der Waals surface area contributed by atoms with Crippen LogP contribution in [0.5, 0.6) is 0 Å². The Balaban J connectivity index is 1.29. The van der Waals surface area contributed by atoms with Gasteiger partial charge in [0.2, 0.25) is 0 Å². The number of hydrogen-bond acceptors (Lipinski definition) is 4. The molecule has 1 saturated heterocycles. The van der Waals surface area contributed by atoms with Crippen LogP contribution in [-0.2, 0) is 11.3 Å². The van der Waals surface area contributed by atoms with E-state index in [4.69, 9.17) is 4.74 Å². The molecule has 29 heavy (non-hydrogen) atoms. The Bertz CT molecular complexity index is 764. The van der Waals surface area contributed by atoms with Crippen molar-refractivity contribution >= 4 is 23.2 Å². The second-order valence-electron chi connectivity index (χ2n) is 7.16. The molecular weight excluding hydrogens is 384 g/mol. The molecule has 1 unspecified atom stereocenters.